The molecule has 2 aromatic carbocycles. The van der Waals surface area contributed by atoms with Crippen LogP contribution in [0.25, 0.3) is 0 Å². The Kier molecular flexibility index (Phi) is 3.02. The van der Waals surface area contributed by atoms with Crippen LogP contribution in [0, 0.1) is 0 Å². The maximum Gasteiger partial charge on any atom is 0.231 e. The Morgan fingerprint density at radius 3 is 2.44 bits per heavy atom. The molecular formula is C14H13NO2S. The van der Waals surface area contributed by atoms with Crippen LogP contribution in [0.5, 0.6) is 11.5 Å². The lowest BCUT2D eigenvalue weighted by Gasteiger charge is -2.04. The Morgan fingerprint density at radius 2 is 1.67 bits per heavy atom. The van der Waals surface area contributed by atoms with Crippen molar-refractivity contribution in [2.45, 2.75) is 9.79 Å². The molecule has 0 bridgehead atoms. The fourth-order valence-corrected chi connectivity index (χ4v) is 2.61. The monoisotopic (exact) mass is 259 g/mol. The predicted octanol–water partition coefficient (Wildman–Crippen LogP) is 3.61. The van der Waals surface area contributed by atoms with E-state index in [9.17, 15) is 0 Å². The molecule has 4 heteroatoms. The lowest BCUT2D eigenvalue weighted by molar-refractivity contribution is 0.174. The van der Waals surface area contributed by atoms with E-state index in [4.69, 9.17) is 9.47 Å². The highest BCUT2D eigenvalue weighted by Crippen LogP contribution is 2.37. The molecule has 1 aliphatic heterocycles. The number of nitrogens with one attached hydrogen (secondary N) is 1. The van der Waals surface area contributed by atoms with Gasteiger partial charge in [0.05, 0.1) is 0 Å². The average Bonchev–Trinajstić information content (AvgIpc) is 2.87. The smallest absolute Gasteiger partial charge is 0.231 e. The summed E-state index contributed by atoms with van der Waals surface area (Å²) in [5, 5.41) is 3.11. The van der Waals surface area contributed by atoms with Gasteiger partial charge in [-0.1, -0.05) is 11.8 Å². The van der Waals surface area contributed by atoms with Crippen LogP contribution in [-0.4, -0.2) is 13.8 Å². The summed E-state index contributed by atoms with van der Waals surface area (Å²) in [6.45, 7) is 0.320. The average molecular weight is 259 g/mol. The van der Waals surface area contributed by atoms with Crippen LogP contribution < -0.4 is 14.8 Å². The number of fused-ring (bicyclic) bond motifs is 1. The number of hydrogen-bond acceptors (Lipinski definition) is 4. The number of anilines is 1. The van der Waals surface area contributed by atoms with Gasteiger partial charge in [-0.25, -0.2) is 0 Å². The fourth-order valence-electron chi connectivity index (χ4n) is 1.77. The predicted molar refractivity (Wildman–Crippen MR) is 72.7 cm³/mol. The Bertz CT molecular complexity index is 554. The number of rotatable bonds is 3. The highest BCUT2D eigenvalue weighted by Gasteiger charge is 2.13. The van der Waals surface area contributed by atoms with Crippen molar-refractivity contribution in [3.8, 4) is 11.5 Å². The van der Waals surface area contributed by atoms with Crippen molar-refractivity contribution in [3.63, 3.8) is 0 Å². The second-order valence-corrected chi connectivity index (χ2v) is 5.04. The second kappa shape index (κ2) is 4.82. The summed E-state index contributed by atoms with van der Waals surface area (Å²) in [6, 6.07) is 14.3. The van der Waals surface area contributed by atoms with Crippen molar-refractivity contribution in [3.05, 3.63) is 42.5 Å². The number of hydrogen-bond donors (Lipinski definition) is 1. The molecule has 0 aliphatic carbocycles. The standard InChI is InChI=1S/C14H13NO2S/c1-15-10-2-4-11(5-3-10)18-12-6-7-13-14(8-12)17-9-16-13/h2-8,15H,9H2,1H3. The molecule has 1 heterocycles. The molecule has 0 spiro atoms. The molecule has 1 aliphatic rings. The van der Waals surface area contributed by atoms with Gasteiger partial charge in [0.1, 0.15) is 0 Å². The summed E-state index contributed by atoms with van der Waals surface area (Å²) in [5.41, 5.74) is 1.12. The van der Waals surface area contributed by atoms with Gasteiger partial charge in [0.25, 0.3) is 0 Å². The maximum atomic E-state index is 5.37. The van der Waals surface area contributed by atoms with Gasteiger partial charge in [0, 0.05) is 22.5 Å². The molecule has 0 aromatic heterocycles. The van der Waals surface area contributed by atoms with Gasteiger partial charge < -0.3 is 14.8 Å². The Labute approximate surface area is 110 Å². The minimum atomic E-state index is 0.320. The molecule has 92 valence electrons. The van der Waals surface area contributed by atoms with E-state index in [0.717, 1.165) is 22.1 Å². The first kappa shape index (κ1) is 11.3. The maximum absolute atomic E-state index is 5.37. The van der Waals surface area contributed by atoms with Crippen molar-refractivity contribution < 1.29 is 9.47 Å². The van der Waals surface area contributed by atoms with Gasteiger partial charge in [-0.3, -0.25) is 0 Å². The second-order valence-electron chi connectivity index (χ2n) is 3.89. The van der Waals surface area contributed by atoms with Crippen molar-refractivity contribution in [1.29, 1.82) is 0 Å². The van der Waals surface area contributed by atoms with Crippen LogP contribution in [0.2, 0.25) is 0 Å². The minimum Gasteiger partial charge on any atom is -0.454 e. The van der Waals surface area contributed by atoms with Crippen LogP contribution in [-0.2, 0) is 0 Å². The molecule has 0 unspecified atom stereocenters. The third-order valence-corrected chi connectivity index (χ3v) is 3.72. The van der Waals surface area contributed by atoms with E-state index >= 15 is 0 Å². The molecule has 0 atom stereocenters. The van der Waals surface area contributed by atoms with Crippen molar-refractivity contribution in [2.24, 2.45) is 0 Å². The van der Waals surface area contributed by atoms with Gasteiger partial charge in [0.15, 0.2) is 11.5 Å². The van der Waals surface area contributed by atoms with E-state index in [0.29, 0.717) is 6.79 Å². The first-order valence-corrected chi connectivity index (χ1v) is 6.52. The molecule has 1 N–H and O–H groups in total. The first-order valence-electron chi connectivity index (χ1n) is 5.70. The Hall–Kier alpha value is -1.81. The zero-order valence-electron chi connectivity index (χ0n) is 9.97. The van der Waals surface area contributed by atoms with Crippen LogP contribution in [0.15, 0.2) is 52.3 Å². The van der Waals surface area contributed by atoms with Crippen LogP contribution in [0.4, 0.5) is 5.69 Å². The van der Waals surface area contributed by atoms with Crippen LogP contribution in [0.1, 0.15) is 0 Å². The summed E-state index contributed by atoms with van der Waals surface area (Å²) >= 11 is 1.71. The molecule has 2 aromatic rings. The summed E-state index contributed by atoms with van der Waals surface area (Å²) in [6.07, 6.45) is 0. The van der Waals surface area contributed by atoms with E-state index in [1.165, 1.54) is 4.90 Å². The third-order valence-electron chi connectivity index (χ3n) is 2.72. The Balaban J connectivity index is 1.79. The highest BCUT2D eigenvalue weighted by molar-refractivity contribution is 7.99. The molecule has 18 heavy (non-hydrogen) atoms. The van der Waals surface area contributed by atoms with Gasteiger partial charge in [-0.2, -0.15) is 0 Å². The van der Waals surface area contributed by atoms with E-state index in [1.807, 2.05) is 25.2 Å². The number of benzene rings is 2. The van der Waals surface area contributed by atoms with Crippen molar-refractivity contribution in [2.75, 3.05) is 19.2 Å². The van der Waals surface area contributed by atoms with Gasteiger partial charge in [-0.05, 0) is 42.5 Å². The normalized spacial score (nSPS) is 12.5. The zero-order chi connectivity index (χ0) is 12.4. The topological polar surface area (TPSA) is 30.5 Å². The SMILES string of the molecule is CNc1ccc(Sc2ccc3c(c2)OCO3)cc1. The first-order chi connectivity index (χ1) is 8.85. The summed E-state index contributed by atoms with van der Waals surface area (Å²) in [7, 11) is 1.92. The molecule has 3 nitrogen and oxygen atoms in total. The third kappa shape index (κ3) is 2.24. The van der Waals surface area contributed by atoms with Gasteiger partial charge in [-0.15, -0.1) is 0 Å². The summed E-state index contributed by atoms with van der Waals surface area (Å²) in [4.78, 5) is 2.35. The summed E-state index contributed by atoms with van der Waals surface area (Å²) < 4.78 is 10.7. The number of ether oxygens (including phenoxy) is 2. The highest BCUT2D eigenvalue weighted by atomic mass is 32.2. The van der Waals surface area contributed by atoms with Crippen molar-refractivity contribution >= 4 is 17.4 Å². The minimum absolute atomic E-state index is 0.320. The summed E-state index contributed by atoms with van der Waals surface area (Å²) in [5.74, 6) is 1.65. The lowest BCUT2D eigenvalue weighted by Crippen LogP contribution is -1.92. The molecule has 0 fully saturated rings. The zero-order valence-corrected chi connectivity index (χ0v) is 10.8. The van der Waals surface area contributed by atoms with E-state index in [2.05, 4.69) is 29.6 Å². The quantitative estimate of drug-likeness (QED) is 0.912. The molecule has 0 amide bonds. The lowest BCUT2D eigenvalue weighted by atomic mass is 10.3. The van der Waals surface area contributed by atoms with E-state index in [1.54, 1.807) is 11.8 Å². The van der Waals surface area contributed by atoms with Crippen molar-refractivity contribution in [1.82, 2.24) is 0 Å². The van der Waals surface area contributed by atoms with Gasteiger partial charge >= 0.3 is 0 Å². The fraction of sp³-hybridized carbons (Fsp3) is 0.143. The Morgan fingerprint density at radius 1 is 0.944 bits per heavy atom. The van der Waals surface area contributed by atoms with Crippen LogP contribution >= 0.6 is 11.8 Å². The van der Waals surface area contributed by atoms with Gasteiger partial charge in [0.2, 0.25) is 6.79 Å². The van der Waals surface area contributed by atoms with E-state index < -0.39 is 0 Å². The molecule has 0 saturated carbocycles. The molecule has 0 radical (unpaired) electrons. The molecule has 3 rings (SSSR count). The van der Waals surface area contributed by atoms with E-state index in [-0.39, 0.29) is 0 Å². The molecule has 0 saturated heterocycles. The largest absolute Gasteiger partial charge is 0.454 e. The molecular weight excluding hydrogens is 246 g/mol. The van der Waals surface area contributed by atoms with Crippen LogP contribution in [0.3, 0.4) is 0 Å².